The summed E-state index contributed by atoms with van der Waals surface area (Å²) in [7, 11) is 3.40. The SMILES string of the molecule is COCCN(CCOC)C(C)c1cc(C)ccc1O. The average Bonchev–Trinajstić information content (AvgIpc) is 2.41. The molecule has 0 aliphatic carbocycles. The number of rotatable bonds is 8. The van der Waals surface area contributed by atoms with Crippen molar-refractivity contribution in [3.63, 3.8) is 0 Å². The number of hydrogen-bond acceptors (Lipinski definition) is 4. The van der Waals surface area contributed by atoms with Crippen molar-refractivity contribution >= 4 is 0 Å². The van der Waals surface area contributed by atoms with E-state index in [1.165, 1.54) is 0 Å². The molecule has 0 aliphatic heterocycles. The van der Waals surface area contributed by atoms with Gasteiger partial charge in [0.25, 0.3) is 0 Å². The van der Waals surface area contributed by atoms with Crippen LogP contribution < -0.4 is 0 Å². The molecule has 0 aromatic heterocycles. The molecule has 0 bridgehead atoms. The molecule has 0 heterocycles. The van der Waals surface area contributed by atoms with E-state index < -0.39 is 0 Å². The molecule has 0 fully saturated rings. The minimum atomic E-state index is 0.130. The molecule has 0 spiro atoms. The van der Waals surface area contributed by atoms with Crippen molar-refractivity contribution in [3.8, 4) is 5.75 Å². The number of benzene rings is 1. The van der Waals surface area contributed by atoms with Crippen LogP contribution in [-0.4, -0.2) is 50.5 Å². The Morgan fingerprint density at radius 1 is 1.16 bits per heavy atom. The molecule has 1 aromatic rings. The quantitative estimate of drug-likeness (QED) is 0.785. The summed E-state index contributed by atoms with van der Waals surface area (Å²) in [6, 6.07) is 5.84. The fourth-order valence-corrected chi connectivity index (χ4v) is 2.12. The molecule has 1 N–H and O–H groups in total. The van der Waals surface area contributed by atoms with Gasteiger partial charge in [-0.25, -0.2) is 0 Å². The number of aromatic hydroxyl groups is 1. The minimum Gasteiger partial charge on any atom is -0.508 e. The Balaban J connectivity index is 2.83. The summed E-state index contributed by atoms with van der Waals surface area (Å²) in [4.78, 5) is 2.25. The molecule has 0 amide bonds. The van der Waals surface area contributed by atoms with Crippen LogP contribution in [0.25, 0.3) is 0 Å². The number of nitrogens with zero attached hydrogens (tertiary/aromatic N) is 1. The fraction of sp³-hybridized carbons (Fsp3) is 0.600. The van der Waals surface area contributed by atoms with Crippen LogP contribution in [0, 0.1) is 6.92 Å². The largest absolute Gasteiger partial charge is 0.508 e. The van der Waals surface area contributed by atoms with Gasteiger partial charge in [-0.05, 0) is 19.9 Å². The Morgan fingerprint density at radius 2 is 1.74 bits per heavy atom. The van der Waals surface area contributed by atoms with Crippen molar-refractivity contribution in [2.45, 2.75) is 19.9 Å². The molecular weight excluding hydrogens is 242 g/mol. The molecule has 1 aromatic carbocycles. The van der Waals surface area contributed by atoms with Crippen LogP contribution in [0.15, 0.2) is 18.2 Å². The van der Waals surface area contributed by atoms with E-state index in [-0.39, 0.29) is 6.04 Å². The monoisotopic (exact) mass is 267 g/mol. The molecule has 0 saturated carbocycles. The van der Waals surface area contributed by atoms with Gasteiger partial charge >= 0.3 is 0 Å². The summed E-state index contributed by atoms with van der Waals surface area (Å²) in [5.74, 6) is 0.345. The van der Waals surface area contributed by atoms with Crippen LogP contribution >= 0.6 is 0 Å². The summed E-state index contributed by atoms with van der Waals surface area (Å²) >= 11 is 0. The van der Waals surface area contributed by atoms with E-state index in [0.717, 1.165) is 24.2 Å². The van der Waals surface area contributed by atoms with Gasteiger partial charge in [-0.2, -0.15) is 0 Å². The van der Waals surface area contributed by atoms with Gasteiger partial charge in [-0.15, -0.1) is 0 Å². The lowest BCUT2D eigenvalue weighted by molar-refractivity contribution is 0.0912. The maximum atomic E-state index is 10.0. The highest BCUT2D eigenvalue weighted by atomic mass is 16.5. The molecule has 1 atom stereocenters. The molecule has 1 rings (SSSR count). The summed E-state index contributed by atoms with van der Waals surface area (Å²) < 4.78 is 10.3. The zero-order valence-corrected chi connectivity index (χ0v) is 12.3. The molecule has 0 radical (unpaired) electrons. The Hall–Kier alpha value is -1.10. The molecule has 0 saturated heterocycles. The van der Waals surface area contributed by atoms with Crippen LogP contribution in [0.2, 0.25) is 0 Å². The summed E-state index contributed by atoms with van der Waals surface area (Å²) in [6.45, 7) is 7.09. The summed E-state index contributed by atoms with van der Waals surface area (Å²) in [6.07, 6.45) is 0. The normalized spacial score (nSPS) is 12.9. The Kier molecular flexibility index (Phi) is 6.84. The van der Waals surface area contributed by atoms with Crippen molar-refractivity contribution in [2.24, 2.45) is 0 Å². The maximum Gasteiger partial charge on any atom is 0.120 e. The zero-order chi connectivity index (χ0) is 14.3. The second-order valence-corrected chi connectivity index (χ2v) is 4.76. The third kappa shape index (κ3) is 4.82. The van der Waals surface area contributed by atoms with E-state index in [9.17, 15) is 5.11 Å². The lowest BCUT2D eigenvalue weighted by atomic mass is 10.0. The first-order valence-electron chi connectivity index (χ1n) is 6.61. The van der Waals surface area contributed by atoms with Gasteiger partial charge in [-0.1, -0.05) is 17.7 Å². The number of phenols is 1. The third-order valence-corrected chi connectivity index (χ3v) is 3.35. The van der Waals surface area contributed by atoms with Crippen molar-refractivity contribution in [2.75, 3.05) is 40.5 Å². The fourth-order valence-electron chi connectivity index (χ4n) is 2.12. The molecule has 108 valence electrons. The van der Waals surface area contributed by atoms with Gasteiger partial charge < -0.3 is 14.6 Å². The van der Waals surface area contributed by atoms with Crippen molar-refractivity contribution < 1.29 is 14.6 Å². The lowest BCUT2D eigenvalue weighted by Gasteiger charge is -2.29. The summed E-state index contributed by atoms with van der Waals surface area (Å²) in [5, 5.41) is 10.0. The Labute approximate surface area is 115 Å². The Bertz CT molecular complexity index is 374. The van der Waals surface area contributed by atoms with Crippen LogP contribution in [0.3, 0.4) is 0 Å². The van der Waals surface area contributed by atoms with Crippen LogP contribution in [0.5, 0.6) is 5.75 Å². The predicted molar refractivity (Wildman–Crippen MR) is 76.6 cm³/mol. The van der Waals surface area contributed by atoms with Gasteiger partial charge in [0.1, 0.15) is 5.75 Å². The van der Waals surface area contributed by atoms with Crippen LogP contribution in [0.4, 0.5) is 0 Å². The molecule has 4 nitrogen and oxygen atoms in total. The first-order valence-corrected chi connectivity index (χ1v) is 6.61. The molecule has 4 heteroatoms. The molecule has 0 aliphatic rings. The second-order valence-electron chi connectivity index (χ2n) is 4.76. The van der Waals surface area contributed by atoms with Gasteiger partial charge in [0.2, 0.25) is 0 Å². The van der Waals surface area contributed by atoms with Crippen molar-refractivity contribution in [3.05, 3.63) is 29.3 Å². The van der Waals surface area contributed by atoms with E-state index in [1.807, 2.05) is 19.1 Å². The van der Waals surface area contributed by atoms with E-state index in [1.54, 1.807) is 20.3 Å². The minimum absolute atomic E-state index is 0.130. The van der Waals surface area contributed by atoms with E-state index in [4.69, 9.17) is 9.47 Å². The smallest absolute Gasteiger partial charge is 0.120 e. The highest BCUT2D eigenvalue weighted by molar-refractivity contribution is 5.37. The Morgan fingerprint density at radius 3 is 2.26 bits per heavy atom. The number of hydrogen-bond donors (Lipinski definition) is 1. The highest BCUT2D eigenvalue weighted by Crippen LogP contribution is 2.29. The summed E-state index contributed by atoms with van der Waals surface area (Å²) in [5.41, 5.74) is 2.10. The van der Waals surface area contributed by atoms with Crippen LogP contribution in [0.1, 0.15) is 24.1 Å². The maximum absolute atomic E-state index is 10.0. The number of ether oxygens (including phenoxy) is 2. The van der Waals surface area contributed by atoms with E-state index in [0.29, 0.717) is 19.0 Å². The van der Waals surface area contributed by atoms with Crippen LogP contribution in [-0.2, 0) is 9.47 Å². The molecular formula is C15H25NO3. The van der Waals surface area contributed by atoms with Gasteiger partial charge in [0, 0.05) is 38.9 Å². The average molecular weight is 267 g/mol. The predicted octanol–water partition coefficient (Wildman–Crippen LogP) is 2.36. The second kappa shape index (κ2) is 8.15. The standard InChI is InChI=1S/C15H25NO3/c1-12-5-6-15(17)14(11-12)13(2)16(7-9-18-3)8-10-19-4/h5-6,11,13,17H,7-10H2,1-4H3. The first kappa shape index (κ1) is 16.0. The number of aryl methyl sites for hydroxylation is 1. The topological polar surface area (TPSA) is 41.9 Å². The zero-order valence-electron chi connectivity index (χ0n) is 12.3. The van der Waals surface area contributed by atoms with Crippen molar-refractivity contribution in [1.82, 2.24) is 4.90 Å². The van der Waals surface area contributed by atoms with Gasteiger partial charge in [0.05, 0.1) is 13.2 Å². The van der Waals surface area contributed by atoms with Gasteiger partial charge in [0.15, 0.2) is 0 Å². The first-order chi connectivity index (χ1) is 9.10. The number of phenolic OH excluding ortho intramolecular Hbond substituents is 1. The molecule has 1 unspecified atom stereocenters. The van der Waals surface area contributed by atoms with E-state index in [2.05, 4.69) is 11.8 Å². The van der Waals surface area contributed by atoms with Crippen molar-refractivity contribution in [1.29, 1.82) is 0 Å². The highest BCUT2D eigenvalue weighted by Gasteiger charge is 2.18. The van der Waals surface area contributed by atoms with Gasteiger partial charge in [-0.3, -0.25) is 4.90 Å². The molecule has 19 heavy (non-hydrogen) atoms. The third-order valence-electron chi connectivity index (χ3n) is 3.35. The number of methoxy groups -OCH3 is 2. The lowest BCUT2D eigenvalue weighted by Crippen LogP contribution is -2.33. The van der Waals surface area contributed by atoms with E-state index >= 15 is 0 Å².